The molecule has 0 amide bonds. The van der Waals surface area contributed by atoms with Gasteiger partial charge in [-0.05, 0) is 59.7 Å². The van der Waals surface area contributed by atoms with Crippen LogP contribution in [-0.4, -0.2) is 54.2 Å². The molecule has 2 fully saturated rings. The molecule has 18 heavy (non-hydrogen) atoms. The molecule has 4 heteroatoms. The fourth-order valence-electron chi connectivity index (χ4n) is 3.32. The van der Waals surface area contributed by atoms with Crippen molar-refractivity contribution in [3.8, 4) is 0 Å². The smallest absolute Gasteiger partial charge is 0.0472 e. The number of hydrazine groups is 1. The molecule has 2 saturated heterocycles. The minimum Gasteiger partial charge on any atom is -0.329 e. The highest BCUT2D eigenvalue weighted by atomic mass is 15.6. The van der Waals surface area contributed by atoms with Crippen molar-refractivity contribution >= 4 is 0 Å². The van der Waals surface area contributed by atoms with Gasteiger partial charge in [-0.1, -0.05) is 6.42 Å². The van der Waals surface area contributed by atoms with Gasteiger partial charge in [-0.2, -0.15) is 0 Å². The molecular weight excluding hydrogens is 224 g/mol. The van der Waals surface area contributed by atoms with E-state index in [0.717, 1.165) is 32.5 Å². The molecule has 0 aliphatic carbocycles. The maximum Gasteiger partial charge on any atom is 0.0472 e. The van der Waals surface area contributed by atoms with Crippen molar-refractivity contribution in [1.29, 1.82) is 0 Å². The average Bonchev–Trinajstić information content (AvgIpc) is 2.37. The van der Waals surface area contributed by atoms with E-state index in [1.807, 2.05) is 0 Å². The van der Waals surface area contributed by atoms with Gasteiger partial charge < -0.3 is 10.6 Å². The molecule has 0 saturated carbocycles. The van der Waals surface area contributed by atoms with Crippen LogP contribution in [0.1, 0.15) is 46.0 Å². The molecule has 2 heterocycles. The van der Waals surface area contributed by atoms with Gasteiger partial charge in [0.05, 0.1) is 0 Å². The molecule has 0 spiro atoms. The molecule has 4 nitrogen and oxygen atoms in total. The van der Waals surface area contributed by atoms with Crippen LogP contribution in [-0.2, 0) is 0 Å². The van der Waals surface area contributed by atoms with Gasteiger partial charge in [-0.25, -0.2) is 10.4 Å². The third-order valence-electron chi connectivity index (χ3n) is 4.89. The Morgan fingerprint density at radius 3 is 2.22 bits per heavy atom. The number of nitrogens with one attached hydrogen (secondary N) is 1. The Labute approximate surface area is 112 Å². The van der Waals surface area contributed by atoms with Crippen molar-refractivity contribution in [1.82, 2.24) is 15.3 Å². The highest BCUT2D eigenvalue weighted by Gasteiger charge is 2.37. The van der Waals surface area contributed by atoms with Gasteiger partial charge >= 0.3 is 0 Å². The van der Waals surface area contributed by atoms with Gasteiger partial charge in [0.15, 0.2) is 0 Å². The zero-order chi connectivity index (χ0) is 13.2. The normalized spacial score (nSPS) is 34.7. The second-order valence-corrected chi connectivity index (χ2v) is 6.44. The zero-order valence-electron chi connectivity index (χ0n) is 12.3. The molecule has 0 aromatic heterocycles. The molecule has 0 aromatic carbocycles. The van der Waals surface area contributed by atoms with Crippen LogP contribution in [0.2, 0.25) is 0 Å². The monoisotopic (exact) mass is 254 g/mol. The Bertz CT molecular complexity index is 251. The minimum atomic E-state index is 0.131. The first-order chi connectivity index (χ1) is 8.56. The molecule has 2 atom stereocenters. The van der Waals surface area contributed by atoms with Crippen molar-refractivity contribution in [3.63, 3.8) is 0 Å². The van der Waals surface area contributed by atoms with E-state index in [2.05, 4.69) is 36.2 Å². The van der Waals surface area contributed by atoms with E-state index in [9.17, 15) is 0 Å². The Hall–Kier alpha value is -0.160. The fourth-order valence-corrected chi connectivity index (χ4v) is 3.32. The first kappa shape index (κ1) is 14.3. The quantitative estimate of drug-likeness (QED) is 0.794. The lowest BCUT2D eigenvalue weighted by atomic mass is 9.88. The lowest BCUT2D eigenvalue weighted by Crippen LogP contribution is -2.66. The number of nitrogens with two attached hydrogens (primary N) is 1. The molecule has 2 aliphatic heterocycles. The van der Waals surface area contributed by atoms with Crippen LogP contribution in [0.25, 0.3) is 0 Å². The highest BCUT2D eigenvalue weighted by molar-refractivity contribution is 4.94. The molecular formula is C14H30N4. The number of likely N-dealkylation sites (tertiary alicyclic amines) is 1. The van der Waals surface area contributed by atoms with Gasteiger partial charge in [-0.15, -0.1) is 0 Å². The molecule has 2 rings (SSSR count). The van der Waals surface area contributed by atoms with Crippen LogP contribution in [0, 0.1) is 0 Å². The molecule has 0 aromatic rings. The maximum absolute atomic E-state index is 6.08. The van der Waals surface area contributed by atoms with Crippen LogP contribution in [0.15, 0.2) is 0 Å². The Morgan fingerprint density at radius 1 is 1.17 bits per heavy atom. The van der Waals surface area contributed by atoms with E-state index in [1.165, 1.54) is 19.3 Å². The number of nitrogens with zero attached hydrogens (tertiary/aromatic N) is 2. The van der Waals surface area contributed by atoms with E-state index in [0.29, 0.717) is 12.1 Å². The summed E-state index contributed by atoms with van der Waals surface area (Å²) in [6, 6.07) is 1.27. The number of piperidine rings is 2. The van der Waals surface area contributed by atoms with Crippen molar-refractivity contribution in [2.75, 3.05) is 26.7 Å². The summed E-state index contributed by atoms with van der Waals surface area (Å²) < 4.78 is 0. The van der Waals surface area contributed by atoms with Crippen LogP contribution >= 0.6 is 0 Å². The molecule has 0 bridgehead atoms. The van der Waals surface area contributed by atoms with Gasteiger partial charge in [0.25, 0.3) is 0 Å². The Balaban J connectivity index is 2.00. The summed E-state index contributed by atoms with van der Waals surface area (Å²) in [6.45, 7) is 7.72. The topological polar surface area (TPSA) is 44.5 Å². The van der Waals surface area contributed by atoms with E-state index in [-0.39, 0.29) is 5.54 Å². The average molecular weight is 254 g/mol. The Kier molecular flexibility index (Phi) is 4.64. The molecule has 0 radical (unpaired) electrons. The molecule has 106 valence electrons. The number of hydrogen-bond donors (Lipinski definition) is 2. The third kappa shape index (κ3) is 3.05. The van der Waals surface area contributed by atoms with E-state index in [4.69, 9.17) is 5.73 Å². The van der Waals surface area contributed by atoms with E-state index >= 15 is 0 Å². The van der Waals surface area contributed by atoms with Gasteiger partial charge in [0, 0.05) is 24.2 Å². The summed E-state index contributed by atoms with van der Waals surface area (Å²) in [4.78, 5) is 2.40. The summed E-state index contributed by atoms with van der Waals surface area (Å²) >= 11 is 0. The highest BCUT2D eigenvalue weighted by Crippen LogP contribution is 2.26. The number of rotatable bonds is 3. The van der Waals surface area contributed by atoms with Gasteiger partial charge in [0.2, 0.25) is 0 Å². The third-order valence-corrected chi connectivity index (χ3v) is 4.89. The predicted molar refractivity (Wildman–Crippen MR) is 76.3 cm³/mol. The second-order valence-electron chi connectivity index (χ2n) is 6.44. The number of hydrogen-bond acceptors (Lipinski definition) is 4. The lowest BCUT2D eigenvalue weighted by Gasteiger charge is -2.48. The van der Waals surface area contributed by atoms with E-state index in [1.54, 1.807) is 0 Å². The maximum atomic E-state index is 6.08. The molecule has 2 aliphatic rings. The lowest BCUT2D eigenvalue weighted by molar-refractivity contribution is -0.0163. The fraction of sp³-hybridized carbons (Fsp3) is 1.00. The summed E-state index contributed by atoms with van der Waals surface area (Å²) in [7, 11) is 2.20. The standard InChI is InChI=1S/C14H30N4/c1-12-5-4-6-13(2)18(12)16-14(11-15)7-9-17(3)10-8-14/h12-13,16H,4-11,15H2,1-3H3. The predicted octanol–water partition coefficient (Wildman–Crippen LogP) is 1.18. The van der Waals surface area contributed by atoms with Crippen molar-refractivity contribution in [2.24, 2.45) is 5.73 Å². The second kappa shape index (κ2) is 5.87. The van der Waals surface area contributed by atoms with Crippen LogP contribution in [0.4, 0.5) is 0 Å². The first-order valence-electron chi connectivity index (χ1n) is 7.51. The summed E-state index contributed by atoms with van der Waals surface area (Å²) in [5.41, 5.74) is 10.0. The SMILES string of the molecule is CC1CCCC(C)N1NC1(CN)CCN(C)CC1. The molecule has 3 N–H and O–H groups in total. The largest absolute Gasteiger partial charge is 0.329 e. The van der Waals surface area contributed by atoms with Gasteiger partial charge in [-0.3, -0.25) is 0 Å². The minimum absolute atomic E-state index is 0.131. The molecule has 2 unspecified atom stereocenters. The summed E-state index contributed by atoms with van der Waals surface area (Å²) in [6.07, 6.45) is 6.29. The van der Waals surface area contributed by atoms with Crippen molar-refractivity contribution in [3.05, 3.63) is 0 Å². The van der Waals surface area contributed by atoms with Crippen molar-refractivity contribution in [2.45, 2.75) is 63.6 Å². The Morgan fingerprint density at radius 2 is 1.72 bits per heavy atom. The van der Waals surface area contributed by atoms with Crippen LogP contribution < -0.4 is 11.2 Å². The van der Waals surface area contributed by atoms with Gasteiger partial charge in [0.1, 0.15) is 0 Å². The van der Waals surface area contributed by atoms with Crippen LogP contribution in [0.5, 0.6) is 0 Å². The summed E-state index contributed by atoms with van der Waals surface area (Å²) in [5, 5.41) is 2.49. The van der Waals surface area contributed by atoms with Crippen molar-refractivity contribution < 1.29 is 0 Å². The zero-order valence-corrected chi connectivity index (χ0v) is 12.3. The summed E-state index contributed by atoms with van der Waals surface area (Å²) in [5.74, 6) is 0. The van der Waals surface area contributed by atoms with Crippen LogP contribution in [0.3, 0.4) is 0 Å². The van der Waals surface area contributed by atoms with E-state index < -0.39 is 0 Å². The first-order valence-corrected chi connectivity index (χ1v) is 7.51.